The summed E-state index contributed by atoms with van der Waals surface area (Å²) in [4.78, 5) is 19.7. The number of benzene rings is 2. The summed E-state index contributed by atoms with van der Waals surface area (Å²) in [7, 11) is 3.24. The van der Waals surface area contributed by atoms with Crippen LogP contribution >= 0.6 is 0 Å². The summed E-state index contributed by atoms with van der Waals surface area (Å²) in [5.41, 5.74) is 2.80. The van der Waals surface area contributed by atoms with E-state index >= 15 is 0 Å². The number of carbonyl (C=O) groups is 1. The number of aromatic nitrogens is 1. The van der Waals surface area contributed by atoms with Gasteiger partial charge in [-0.1, -0.05) is 18.2 Å². The van der Waals surface area contributed by atoms with E-state index in [4.69, 9.17) is 13.9 Å². The molecule has 0 spiro atoms. The Kier molecular flexibility index (Phi) is 6.95. The van der Waals surface area contributed by atoms with Crippen molar-refractivity contribution in [2.24, 2.45) is 0 Å². The maximum absolute atomic E-state index is 12.8. The summed E-state index contributed by atoms with van der Waals surface area (Å²) in [5, 5.41) is 3.08. The lowest BCUT2D eigenvalue weighted by atomic mass is 9.96. The topological polar surface area (TPSA) is 76.8 Å². The lowest BCUT2D eigenvalue weighted by Crippen LogP contribution is -2.49. The van der Waals surface area contributed by atoms with Gasteiger partial charge in [0.05, 0.1) is 20.3 Å². The molecule has 7 heteroatoms. The van der Waals surface area contributed by atoms with Gasteiger partial charge in [-0.25, -0.2) is 4.98 Å². The Labute approximate surface area is 188 Å². The van der Waals surface area contributed by atoms with Crippen LogP contribution in [0.15, 0.2) is 46.9 Å². The van der Waals surface area contributed by atoms with Gasteiger partial charge >= 0.3 is 0 Å². The molecule has 0 aliphatic carbocycles. The molecule has 1 aliphatic rings. The van der Waals surface area contributed by atoms with Crippen LogP contribution in [0.4, 0.5) is 0 Å². The molecular formula is C25H31N3O4. The number of nitrogens with zero attached hydrogens (tertiary/aromatic N) is 2. The van der Waals surface area contributed by atoms with Gasteiger partial charge in [0.2, 0.25) is 5.91 Å². The van der Waals surface area contributed by atoms with Gasteiger partial charge in [0, 0.05) is 19.0 Å². The highest BCUT2D eigenvalue weighted by molar-refractivity contribution is 5.81. The lowest BCUT2D eigenvalue weighted by molar-refractivity contribution is -0.126. The fraction of sp³-hybridized carbons (Fsp3) is 0.440. The minimum atomic E-state index is -0.201. The molecule has 2 atom stereocenters. The van der Waals surface area contributed by atoms with Crippen molar-refractivity contribution < 1.29 is 18.7 Å². The molecule has 32 heavy (non-hydrogen) atoms. The van der Waals surface area contributed by atoms with E-state index in [-0.39, 0.29) is 17.9 Å². The molecule has 4 rings (SSSR count). The molecule has 1 aliphatic heterocycles. The average Bonchev–Trinajstić information content (AvgIpc) is 3.28. The molecule has 170 valence electrons. The van der Waals surface area contributed by atoms with Crippen LogP contribution in [-0.4, -0.2) is 55.7 Å². The number of oxazole rings is 1. The first-order chi connectivity index (χ1) is 15.6. The molecule has 2 unspecified atom stereocenters. The number of piperidine rings is 1. The third kappa shape index (κ3) is 4.88. The van der Waals surface area contributed by atoms with E-state index in [1.807, 2.05) is 49.4 Å². The third-order valence-corrected chi connectivity index (χ3v) is 6.20. The molecule has 1 amide bonds. The standard InChI is InChI=1S/C25H31N3O4/c1-17(24(29)26-13-12-18-10-11-22(30-2)23(15-18)31-3)28-14-6-7-19(16-28)25-27-20-8-4-5-9-21(20)32-25/h4-5,8-11,15,17,19H,6-7,12-14,16H2,1-3H3,(H,26,29). The molecule has 2 heterocycles. The predicted octanol–water partition coefficient (Wildman–Crippen LogP) is 3.77. The Morgan fingerprint density at radius 1 is 1.22 bits per heavy atom. The highest BCUT2D eigenvalue weighted by atomic mass is 16.5. The van der Waals surface area contributed by atoms with Gasteiger partial charge in [-0.2, -0.15) is 0 Å². The molecule has 2 aromatic carbocycles. The zero-order valence-corrected chi connectivity index (χ0v) is 19.0. The number of fused-ring (bicyclic) bond motifs is 1. The molecule has 0 saturated carbocycles. The van der Waals surface area contributed by atoms with Crippen molar-refractivity contribution >= 4 is 17.0 Å². The van der Waals surface area contributed by atoms with Gasteiger partial charge in [-0.15, -0.1) is 0 Å². The molecule has 1 fully saturated rings. The largest absolute Gasteiger partial charge is 0.493 e. The summed E-state index contributed by atoms with van der Waals surface area (Å²) in [6.45, 7) is 4.22. The molecular weight excluding hydrogens is 406 g/mol. The van der Waals surface area contributed by atoms with Crippen LogP contribution in [0.3, 0.4) is 0 Å². The second-order valence-corrected chi connectivity index (χ2v) is 8.26. The van der Waals surface area contributed by atoms with Crippen LogP contribution in [0.5, 0.6) is 11.5 Å². The zero-order chi connectivity index (χ0) is 22.5. The quantitative estimate of drug-likeness (QED) is 0.578. The number of likely N-dealkylation sites (tertiary alicyclic amines) is 1. The van der Waals surface area contributed by atoms with Gasteiger partial charge in [0.25, 0.3) is 0 Å². The number of ether oxygens (including phenoxy) is 2. The summed E-state index contributed by atoms with van der Waals surface area (Å²) in [5.74, 6) is 2.43. The van der Waals surface area contributed by atoms with E-state index in [1.165, 1.54) is 0 Å². The van der Waals surface area contributed by atoms with Crippen molar-refractivity contribution in [1.29, 1.82) is 0 Å². The molecule has 1 saturated heterocycles. The number of hydrogen-bond donors (Lipinski definition) is 1. The Morgan fingerprint density at radius 2 is 2.03 bits per heavy atom. The normalized spacial score (nSPS) is 17.8. The van der Waals surface area contributed by atoms with Gasteiger partial charge in [-0.05, 0) is 62.6 Å². The van der Waals surface area contributed by atoms with E-state index < -0.39 is 0 Å². The summed E-state index contributed by atoms with van der Waals surface area (Å²) >= 11 is 0. The molecule has 3 aromatic rings. The van der Waals surface area contributed by atoms with Crippen molar-refractivity contribution in [3.05, 3.63) is 53.9 Å². The number of hydrogen-bond acceptors (Lipinski definition) is 6. The summed E-state index contributed by atoms with van der Waals surface area (Å²) in [6.07, 6.45) is 2.77. The van der Waals surface area contributed by atoms with Crippen molar-refractivity contribution in [2.75, 3.05) is 33.9 Å². The minimum Gasteiger partial charge on any atom is -0.493 e. The Balaban J connectivity index is 1.31. The molecule has 1 aromatic heterocycles. The van der Waals surface area contributed by atoms with Crippen LogP contribution in [0.1, 0.15) is 37.1 Å². The second kappa shape index (κ2) is 10.0. The fourth-order valence-electron chi connectivity index (χ4n) is 4.30. The Morgan fingerprint density at radius 3 is 2.81 bits per heavy atom. The Bertz CT molecular complexity index is 1030. The first kappa shape index (κ1) is 22.1. The van der Waals surface area contributed by atoms with E-state index in [2.05, 4.69) is 15.2 Å². The van der Waals surface area contributed by atoms with E-state index in [0.29, 0.717) is 18.0 Å². The van der Waals surface area contributed by atoms with E-state index in [9.17, 15) is 4.79 Å². The highest BCUT2D eigenvalue weighted by Gasteiger charge is 2.30. The van der Waals surface area contributed by atoms with Crippen molar-refractivity contribution in [2.45, 2.75) is 38.1 Å². The molecule has 7 nitrogen and oxygen atoms in total. The molecule has 0 radical (unpaired) electrons. The van der Waals surface area contributed by atoms with Gasteiger partial charge in [0.1, 0.15) is 5.52 Å². The second-order valence-electron chi connectivity index (χ2n) is 8.26. The predicted molar refractivity (Wildman–Crippen MR) is 123 cm³/mol. The third-order valence-electron chi connectivity index (χ3n) is 6.20. The number of para-hydroxylation sites is 2. The maximum atomic E-state index is 12.8. The summed E-state index contributed by atoms with van der Waals surface area (Å²) < 4.78 is 16.6. The number of nitrogens with one attached hydrogen (secondary N) is 1. The fourth-order valence-corrected chi connectivity index (χ4v) is 4.30. The van der Waals surface area contributed by atoms with Crippen LogP contribution < -0.4 is 14.8 Å². The van der Waals surface area contributed by atoms with Crippen molar-refractivity contribution in [3.8, 4) is 11.5 Å². The monoisotopic (exact) mass is 437 g/mol. The van der Waals surface area contributed by atoms with Crippen LogP contribution in [0.2, 0.25) is 0 Å². The maximum Gasteiger partial charge on any atom is 0.237 e. The van der Waals surface area contributed by atoms with E-state index in [1.54, 1.807) is 14.2 Å². The minimum absolute atomic E-state index is 0.0451. The summed E-state index contributed by atoms with van der Waals surface area (Å²) in [6, 6.07) is 13.5. The van der Waals surface area contributed by atoms with Crippen molar-refractivity contribution in [1.82, 2.24) is 15.2 Å². The van der Waals surface area contributed by atoms with Crippen molar-refractivity contribution in [3.63, 3.8) is 0 Å². The number of amides is 1. The van der Waals surface area contributed by atoms with Crippen LogP contribution in [-0.2, 0) is 11.2 Å². The van der Waals surface area contributed by atoms with E-state index in [0.717, 1.165) is 54.9 Å². The first-order valence-corrected chi connectivity index (χ1v) is 11.2. The molecule has 0 bridgehead atoms. The smallest absolute Gasteiger partial charge is 0.237 e. The van der Waals surface area contributed by atoms with Gasteiger partial charge in [0.15, 0.2) is 23.0 Å². The first-order valence-electron chi connectivity index (χ1n) is 11.2. The Hall–Kier alpha value is -3.06. The zero-order valence-electron chi connectivity index (χ0n) is 19.0. The number of carbonyl (C=O) groups excluding carboxylic acids is 1. The molecule has 1 N–H and O–H groups in total. The SMILES string of the molecule is COc1ccc(CCNC(=O)C(C)N2CCCC(c3nc4ccccc4o3)C2)cc1OC. The van der Waals surface area contributed by atoms with Gasteiger partial charge < -0.3 is 19.2 Å². The number of rotatable bonds is 8. The van der Waals surface area contributed by atoms with Crippen LogP contribution in [0, 0.1) is 0 Å². The lowest BCUT2D eigenvalue weighted by Gasteiger charge is -2.34. The van der Waals surface area contributed by atoms with Crippen LogP contribution in [0.25, 0.3) is 11.1 Å². The number of methoxy groups -OCH3 is 2. The average molecular weight is 438 g/mol. The van der Waals surface area contributed by atoms with Gasteiger partial charge in [-0.3, -0.25) is 9.69 Å². The highest BCUT2D eigenvalue weighted by Crippen LogP contribution is 2.30.